The molecule has 2 aromatic carbocycles. The number of sulfone groups is 1. The first kappa shape index (κ1) is 21.8. The Kier molecular flexibility index (Phi) is 6.65. The quantitative estimate of drug-likeness (QED) is 0.538. The smallest absolute Gasteiger partial charge is 0.240 e. The molecule has 29 heavy (non-hydrogen) atoms. The van der Waals surface area contributed by atoms with Crippen molar-refractivity contribution in [3.05, 3.63) is 76.6 Å². The van der Waals surface area contributed by atoms with Crippen LogP contribution in [0, 0.1) is 0 Å². The van der Waals surface area contributed by atoms with Crippen LogP contribution in [0.2, 0.25) is 5.02 Å². The number of hydrogen-bond donors (Lipinski definition) is 1. The van der Waals surface area contributed by atoms with Crippen molar-refractivity contribution in [2.75, 3.05) is 13.7 Å². The van der Waals surface area contributed by atoms with Gasteiger partial charge < -0.3 is 4.74 Å². The molecule has 0 radical (unpaired) electrons. The van der Waals surface area contributed by atoms with Gasteiger partial charge in [-0.2, -0.15) is 0 Å². The second kappa shape index (κ2) is 8.85. The average molecular weight is 472 g/mol. The maximum absolute atomic E-state index is 13.1. The molecule has 0 aliphatic rings. The van der Waals surface area contributed by atoms with E-state index in [1.807, 2.05) is 0 Å². The van der Waals surface area contributed by atoms with Crippen molar-refractivity contribution < 1.29 is 21.6 Å². The van der Waals surface area contributed by atoms with Crippen LogP contribution in [-0.4, -0.2) is 30.5 Å². The van der Waals surface area contributed by atoms with Gasteiger partial charge >= 0.3 is 0 Å². The lowest BCUT2D eigenvalue weighted by Gasteiger charge is -2.18. The van der Waals surface area contributed by atoms with E-state index >= 15 is 0 Å². The minimum atomic E-state index is -3.99. The maximum atomic E-state index is 13.1. The summed E-state index contributed by atoms with van der Waals surface area (Å²) < 4.78 is 59.3. The summed E-state index contributed by atoms with van der Waals surface area (Å²) >= 11 is 7.11. The van der Waals surface area contributed by atoms with Gasteiger partial charge in [0.1, 0.15) is 15.2 Å². The normalized spacial score (nSPS) is 13.2. The number of halogens is 1. The molecule has 0 saturated heterocycles. The van der Waals surface area contributed by atoms with Crippen LogP contribution in [0.25, 0.3) is 0 Å². The van der Waals surface area contributed by atoms with Gasteiger partial charge in [0.2, 0.25) is 10.0 Å². The zero-order valence-corrected chi connectivity index (χ0v) is 18.5. The summed E-state index contributed by atoms with van der Waals surface area (Å²) in [4.78, 5) is -0.0800. The number of thiophene rings is 1. The van der Waals surface area contributed by atoms with E-state index in [9.17, 15) is 16.8 Å². The van der Waals surface area contributed by atoms with E-state index in [2.05, 4.69) is 4.72 Å². The number of ether oxygens (including phenoxy) is 1. The van der Waals surface area contributed by atoms with Gasteiger partial charge in [0.25, 0.3) is 0 Å². The van der Waals surface area contributed by atoms with Crippen LogP contribution in [0.5, 0.6) is 5.75 Å². The SMILES string of the molecule is COc1ccc(S(=O)(=O)NC[C@@H](c2ccccc2)S(=O)(=O)c2cccs2)cc1Cl. The monoisotopic (exact) mass is 471 g/mol. The van der Waals surface area contributed by atoms with Crippen molar-refractivity contribution in [3.8, 4) is 5.75 Å². The van der Waals surface area contributed by atoms with Crippen molar-refractivity contribution >= 4 is 42.8 Å². The molecule has 0 saturated carbocycles. The van der Waals surface area contributed by atoms with E-state index in [-0.39, 0.29) is 20.7 Å². The molecular formula is C19H18ClNO5S3. The van der Waals surface area contributed by atoms with E-state index in [1.54, 1.807) is 41.8 Å². The summed E-state index contributed by atoms with van der Waals surface area (Å²) in [6.45, 7) is -0.323. The number of sulfonamides is 1. The van der Waals surface area contributed by atoms with Gasteiger partial charge in [-0.25, -0.2) is 21.6 Å². The molecule has 6 nitrogen and oxygen atoms in total. The third-order valence-corrected chi connectivity index (χ3v) is 9.46. The molecule has 1 atom stereocenters. The second-order valence-electron chi connectivity index (χ2n) is 6.02. The fraction of sp³-hybridized carbons (Fsp3) is 0.158. The Morgan fingerprint density at radius 2 is 1.76 bits per heavy atom. The fourth-order valence-corrected chi connectivity index (χ4v) is 7.09. The molecule has 0 unspecified atom stereocenters. The van der Waals surface area contributed by atoms with Crippen LogP contribution >= 0.6 is 22.9 Å². The largest absolute Gasteiger partial charge is 0.495 e. The van der Waals surface area contributed by atoms with Gasteiger partial charge in [0.05, 0.1) is 17.0 Å². The van der Waals surface area contributed by atoms with Crippen molar-refractivity contribution in [1.82, 2.24) is 4.72 Å². The van der Waals surface area contributed by atoms with E-state index in [0.717, 1.165) is 11.3 Å². The van der Waals surface area contributed by atoms with Crippen LogP contribution in [0.3, 0.4) is 0 Å². The Balaban J connectivity index is 1.92. The molecule has 1 aromatic heterocycles. The maximum Gasteiger partial charge on any atom is 0.240 e. The molecule has 0 fully saturated rings. The third kappa shape index (κ3) is 4.81. The highest BCUT2D eigenvalue weighted by Crippen LogP contribution is 2.32. The molecule has 3 aromatic rings. The number of methoxy groups -OCH3 is 1. The Labute approximate surface area is 179 Å². The zero-order valence-electron chi connectivity index (χ0n) is 15.3. The summed E-state index contributed by atoms with van der Waals surface area (Å²) in [6.07, 6.45) is 0. The number of benzene rings is 2. The highest BCUT2D eigenvalue weighted by molar-refractivity contribution is 7.93. The van der Waals surface area contributed by atoms with Crippen molar-refractivity contribution in [2.24, 2.45) is 0 Å². The third-order valence-electron chi connectivity index (χ3n) is 4.21. The summed E-state index contributed by atoms with van der Waals surface area (Å²) in [6, 6.07) is 15.7. The summed E-state index contributed by atoms with van der Waals surface area (Å²) in [5.74, 6) is 0.341. The molecule has 3 rings (SSSR count). The fourth-order valence-electron chi connectivity index (χ4n) is 2.72. The molecule has 0 aliphatic carbocycles. The molecular weight excluding hydrogens is 454 g/mol. The van der Waals surface area contributed by atoms with Crippen LogP contribution < -0.4 is 9.46 Å². The van der Waals surface area contributed by atoms with Crippen molar-refractivity contribution in [3.63, 3.8) is 0 Å². The summed E-state index contributed by atoms with van der Waals surface area (Å²) in [5, 5.41) is 0.727. The van der Waals surface area contributed by atoms with Gasteiger partial charge in [-0.05, 0) is 35.2 Å². The molecule has 1 N–H and O–H groups in total. The van der Waals surface area contributed by atoms with Gasteiger partial charge in [-0.15, -0.1) is 11.3 Å². The van der Waals surface area contributed by atoms with Gasteiger partial charge in [-0.3, -0.25) is 0 Å². The Hall–Kier alpha value is -1.91. The van der Waals surface area contributed by atoms with Crippen LogP contribution in [0.15, 0.2) is 75.1 Å². The highest BCUT2D eigenvalue weighted by atomic mass is 35.5. The average Bonchev–Trinajstić information content (AvgIpc) is 3.24. The first-order chi connectivity index (χ1) is 13.8. The zero-order chi connectivity index (χ0) is 21.1. The van der Waals surface area contributed by atoms with Crippen LogP contribution in [-0.2, 0) is 19.9 Å². The highest BCUT2D eigenvalue weighted by Gasteiger charge is 2.31. The Bertz CT molecular complexity index is 1180. The molecule has 0 aliphatic heterocycles. The first-order valence-electron chi connectivity index (χ1n) is 8.41. The number of hydrogen-bond acceptors (Lipinski definition) is 6. The first-order valence-corrected chi connectivity index (χ1v) is 12.7. The predicted molar refractivity (Wildman–Crippen MR) is 114 cm³/mol. The standard InChI is InChI=1S/C19H18ClNO5S3/c1-26-17-10-9-15(12-16(17)20)29(24,25)21-13-18(14-6-3-2-4-7-14)28(22,23)19-8-5-11-27-19/h2-12,18,21H,13H2,1H3/t18-/m0/s1. The summed E-state index contributed by atoms with van der Waals surface area (Å²) in [5.41, 5.74) is 0.497. The molecule has 0 amide bonds. The van der Waals surface area contributed by atoms with Crippen molar-refractivity contribution in [1.29, 1.82) is 0 Å². The van der Waals surface area contributed by atoms with Crippen molar-refractivity contribution in [2.45, 2.75) is 14.4 Å². The van der Waals surface area contributed by atoms with Crippen LogP contribution in [0.4, 0.5) is 0 Å². The van der Waals surface area contributed by atoms with E-state index in [0.29, 0.717) is 11.3 Å². The van der Waals surface area contributed by atoms with Crippen LogP contribution in [0.1, 0.15) is 10.8 Å². The molecule has 0 bridgehead atoms. The van der Waals surface area contributed by atoms with E-state index in [1.165, 1.54) is 31.4 Å². The molecule has 10 heteroatoms. The lowest BCUT2D eigenvalue weighted by atomic mass is 10.1. The topological polar surface area (TPSA) is 89.5 Å². The minimum Gasteiger partial charge on any atom is -0.495 e. The number of rotatable bonds is 8. The Morgan fingerprint density at radius 1 is 1.03 bits per heavy atom. The molecule has 0 spiro atoms. The van der Waals surface area contributed by atoms with E-state index in [4.69, 9.17) is 16.3 Å². The minimum absolute atomic E-state index is 0.0800. The number of nitrogens with one attached hydrogen (secondary N) is 1. The lowest BCUT2D eigenvalue weighted by molar-refractivity contribution is 0.414. The Morgan fingerprint density at radius 3 is 2.34 bits per heavy atom. The predicted octanol–water partition coefficient (Wildman–Crippen LogP) is 3.90. The van der Waals surface area contributed by atoms with Gasteiger partial charge in [0.15, 0.2) is 9.84 Å². The lowest BCUT2D eigenvalue weighted by Crippen LogP contribution is -2.31. The van der Waals surface area contributed by atoms with E-state index < -0.39 is 25.1 Å². The van der Waals surface area contributed by atoms with Gasteiger partial charge in [0, 0.05) is 6.54 Å². The second-order valence-corrected chi connectivity index (χ2v) is 11.5. The molecule has 1 heterocycles. The van der Waals surface area contributed by atoms with Gasteiger partial charge in [-0.1, -0.05) is 48.0 Å². The summed E-state index contributed by atoms with van der Waals surface area (Å²) in [7, 11) is -6.36. The molecule has 154 valence electrons.